The molecule has 0 heterocycles. The zero-order valence-electron chi connectivity index (χ0n) is 12.5. The van der Waals surface area contributed by atoms with Crippen molar-refractivity contribution in [1.29, 1.82) is 0 Å². The minimum absolute atomic E-state index is 0.410. The lowest BCUT2D eigenvalue weighted by Gasteiger charge is -2.36. The largest absolute Gasteiger partial charge is 0.271 e. The van der Waals surface area contributed by atoms with Crippen molar-refractivity contribution < 1.29 is 0 Å². The van der Waals surface area contributed by atoms with E-state index >= 15 is 0 Å². The van der Waals surface area contributed by atoms with E-state index in [1.165, 1.54) is 30.4 Å². The highest BCUT2D eigenvalue weighted by molar-refractivity contribution is 5.22. The van der Waals surface area contributed by atoms with E-state index in [0.29, 0.717) is 12.0 Å². The fourth-order valence-electron chi connectivity index (χ4n) is 3.68. The molecule has 0 aromatic heterocycles. The van der Waals surface area contributed by atoms with Crippen molar-refractivity contribution in [2.75, 3.05) is 0 Å². The van der Waals surface area contributed by atoms with Gasteiger partial charge in [-0.25, -0.2) is 0 Å². The van der Waals surface area contributed by atoms with E-state index in [1.807, 2.05) is 0 Å². The number of nitrogens with two attached hydrogens (primary N) is 1. The molecule has 1 aromatic carbocycles. The fraction of sp³-hybridized carbons (Fsp3) is 0.647. The molecule has 3 atom stereocenters. The molecular formula is C17H28N2. The SMILES string of the molecule is Cc1ccc(CC(NN)C2CC(C)CC(C)C2)cc1. The van der Waals surface area contributed by atoms with Gasteiger partial charge in [0.05, 0.1) is 0 Å². The van der Waals surface area contributed by atoms with Gasteiger partial charge in [-0.1, -0.05) is 43.7 Å². The van der Waals surface area contributed by atoms with Gasteiger partial charge in [0.15, 0.2) is 0 Å². The van der Waals surface area contributed by atoms with Crippen LogP contribution in [-0.2, 0) is 6.42 Å². The van der Waals surface area contributed by atoms with Gasteiger partial charge in [-0.2, -0.15) is 0 Å². The van der Waals surface area contributed by atoms with E-state index < -0.39 is 0 Å². The van der Waals surface area contributed by atoms with Gasteiger partial charge in [0.25, 0.3) is 0 Å². The minimum atomic E-state index is 0.410. The Morgan fingerprint density at radius 3 is 2.21 bits per heavy atom. The Balaban J connectivity index is 2.01. The van der Waals surface area contributed by atoms with E-state index in [-0.39, 0.29) is 0 Å². The number of rotatable bonds is 4. The van der Waals surface area contributed by atoms with Crippen molar-refractivity contribution in [3.8, 4) is 0 Å². The van der Waals surface area contributed by atoms with Gasteiger partial charge in [-0.05, 0) is 55.9 Å². The summed E-state index contributed by atoms with van der Waals surface area (Å²) in [6.45, 7) is 6.89. The maximum absolute atomic E-state index is 5.82. The van der Waals surface area contributed by atoms with Crippen LogP contribution >= 0.6 is 0 Å². The highest BCUT2D eigenvalue weighted by atomic mass is 15.2. The molecule has 106 valence electrons. The van der Waals surface area contributed by atoms with Crippen LogP contribution in [0.5, 0.6) is 0 Å². The lowest BCUT2D eigenvalue weighted by atomic mass is 9.73. The summed E-state index contributed by atoms with van der Waals surface area (Å²) >= 11 is 0. The van der Waals surface area contributed by atoms with Crippen molar-refractivity contribution in [3.63, 3.8) is 0 Å². The molecule has 1 saturated carbocycles. The molecule has 0 aliphatic heterocycles. The summed E-state index contributed by atoms with van der Waals surface area (Å²) < 4.78 is 0. The highest BCUT2D eigenvalue weighted by Crippen LogP contribution is 2.35. The Hall–Kier alpha value is -0.860. The molecule has 0 spiro atoms. The Labute approximate surface area is 117 Å². The number of nitrogens with one attached hydrogen (secondary N) is 1. The topological polar surface area (TPSA) is 38.0 Å². The average Bonchev–Trinajstić information content (AvgIpc) is 2.37. The number of benzene rings is 1. The first-order valence-corrected chi connectivity index (χ1v) is 7.60. The van der Waals surface area contributed by atoms with E-state index in [9.17, 15) is 0 Å². The van der Waals surface area contributed by atoms with Crippen LogP contribution in [0.15, 0.2) is 24.3 Å². The smallest absolute Gasteiger partial charge is 0.0279 e. The van der Waals surface area contributed by atoms with Gasteiger partial charge in [0, 0.05) is 6.04 Å². The lowest BCUT2D eigenvalue weighted by molar-refractivity contribution is 0.175. The molecule has 19 heavy (non-hydrogen) atoms. The van der Waals surface area contributed by atoms with Gasteiger partial charge < -0.3 is 0 Å². The Bertz CT molecular complexity index is 375. The van der Waals surface area contributed by atoms with Crippen molar-refractivity contribution in [2.24, 2.45) is 23.6 Å². The van der Waals surface area contributed by atoms with Gasteiger partial charge in [0.2, 0.25) is 0 Å². The summed E-state index contributed by atoms with van der Waals surface area (Å²) in [5.41, 5.74) is 5.78. The number of hydrazine groups is 1. The molecule has 3 N–H and O–H groups in total. The highest BCUT2D eigenvalue weighted by Gasteiger charge is 2.29. The molecule has 2 nitrogen and oxygen atoms in total. The van der Waals surface area contributed by atoms with E-state index in [2.05, 4.69) is 50.5 Å². The molecule has 0 bridgehead atoms. The van der Waals surface area contributed by atoms with Crippen LogP contribution in [0.3, 0.4) is 0 Å². The Kier molecular flexibility index (Phi) is 5.00. The molecule has 2 heteroatoms. The number of aryl methyl sites for hydroxylation is 1. The number of hydrogen-bond donors (Lipinski definition) is 2. The summed E-state index contributed by atoms with van der Waals surface area (Å²) in [7, 11) is 0. The zero-order valence-corrected chi connectivity index (χ0v) is 12.5. The van der Waals surface area contributed by atoms with Crippen LogP contribution in [0.1, 0.15) is 44.2 Å². The zero-order chi connectivity index (χ0) is 13.8. The van der Waals surface area contributed by atoms with Crippen molar-refractivity contribution in [3.05, 3.63) is 35.4 Å². The third kappa shape index (κ3) is 4.05. The first kappa shape index (κ1) is 14.5. The quantitative estimate of drug-likeness (QED) is 0.643. The second-order valence-corrected chi connectivity index (χ2v) is 6.64. The van der Waals surface area contributed by atoms with Gasteiger partial charge in [-0.3, -0.25) is 11.3 Å². The third-order valence-electron chi connectivity index (χ3n) is 4.57. The number of hydrogen-bond acceptors (Lipinski definition) is 2. The molecule has 1 aliphatic rings. The molecule has 1 aliphatic carbocycles. The summed E-state index contributed by atoms with van der Waals surface area (Å²) in [5.74, 6) is 8.21. The minimum Gasteiger partial charge on any atom is -0.271 e. The average molecular weight is 260 g/mol. The summed E-state index contributed by atoms with van der Waals surface area (Å²) in [6, 6.07) is 9.25. The predicted octanol–water partition coefficient (Wildman–Crippen LogP) is 3.44. The Morgan fingerprint density at radius 2 is 1.68 bits per heavy atom. The Morgan fingerprint density at radius 1 is 1.11 bits per heavy atom. The van der Waals surface area contributed by atoms with E-state index in [1.54, 1.807) is 0 Å². The monoisotopic (exact) mass is 260 g/mol. The molecule has 0 radical (unpaired) electrons. The molecule has 1 fully saturated rings. The predicted molar refractivity (Wildman–Crippen MR) is 81.7 cm³/mol. The maximum Gasteiger partial charge on any atom is 0.0279 e. The molecule has 3 unspecified atom stereocenters. The molecule has 1 aromatic rings. The van der Waals surface area contributed by atoms with Crippen LogP contribution in [0.25, 0.3) is 0 Å². The second-order valence-electron chi connectivity index (χ2n) is 6.64. The van der Waals surface area contributed by atoms with E-state index in [4.69, 9.17) is 5.84 Å². The summed E-state index contributed by atoms with van der Waals surface area (Å²) in [5, 5.41) is 0. The van der Waals surface area contributed by atoms with Crippen LogP contribution in [0.4, 0.5) is 0 Å². The molecule has 0 saturated heterocycles. The summed E-state index contributed by atoms with van der Waals surface area (Å²) in [6.07, 6.45) is 5.04. The lowest BCUT2D eigenvalue weighted by Crippen LogP contribution is -2.44. The fourth-order valence-corrected chi connectivity index (χ4v) is 3.68. The van der Waals surface area contributed by atoms with Crippen LogP contribution in [-0.4, -0.2) is 6.04 Å². The van der Waals surface area contributed by atoms with E-state index in [0.717, 1.165) is 18.3 Å². The first-order chi connectivity index (χ1) is 9.08. The van der Waals surface area contributed by atoms with Gasteiger partial charge in [0.1, 0.15) is 0 Å². The molecular weight excluding hydrogens is 232 g/mol. The van der Waals surface area contributed by atoms with Crippen LogP contribution < -0.4 is 11.3 Å². The summed E-state index contributed by atoms with van der Waals surface area (Å²) in [4.78, 5) is 0. The van der Waals surface area contributed by atoms with Crippen molar-refractivity contribution in [2.45, 2.75) is 52.5 Å². The molecule has 2 rings (SSSR count). The van der Waals surface area contributed by atoms with Crippen LogP contribution in [0.2, 0.25) is 0 Å². The first-order valence-electron chi connectivity index (χ1n) is 7.60. The van der Waals surface area contributed by atoms with Crippen molar-refractivity contribution >= 4 is 0 Å². The van der Waals surface area contributed by atoms with Gasteiger partial charge >= 0.3 is 0 Å². The second kappa shape index (κ2) is 6.53. The third-order valence-corrected chi connectivity index (χ3v) is 4.57. The van der Waals surface area contributed by atoms with Crippen molar-refractivity contribution in [1.82, 2.24) is 5.43 Å². The normalized spacial score (nSPS) is 29.2. The standard InChI is InChI=1S/C17H28N2/c1-12-4-6-15(7-5-12)11-17(19-18)16-9-13(2)8-14(3)10-16/h4-7,13-14,16-17,19H,8-11,18H2,1-3H3. The molecule has 0 amide bonds. The maximum atomic E-state index is 5.82. The van der Waals surface area contributed by atoms with Gasteiger partial charge in [-0.15, -0.1) is 0 Å². The van der Waals surface area contributed by atoms with Crippen LogP contribution in [0, 0.1) is 24.7 Å².